The first-order chi connectivity index (χ1) is 8.54. The highest BCUT2D eigenvalue weighted by molar-refractivity contribution is 5.06. The van der Waals surface area contributed by atoms with Gasteiger partial charge in [-0.1, -0.05) is 5.21 Å². The molecule has 0 spiro atoms. The lowest BCUT2D eigenvalue weighted by atomic mass is 10.0. The van der Waals surface area contributed by atoms with Gasteiger partial charge in [0, 0.05) is 0 Å². The van der Waals surface area contributed by atoms with Crippen molar-refractivity contribution in [3.63, 3.8) is 0 Å². The number of tetrazole rings is 1. The van der Waals surface area contributed by atoms with Gasteiger partial charge in [0.05, 0.1) is 17.8 Å². The standard InChI is InChI=1S/C10H16N8/c1-10(2,11)8-5-17(15-12-8)6-9-13-14-16-18(9)7-3-4-7/h5,7H,3-4,6,11H2,1-2H3. The van der Waals surface area contributed by atoms with Crippen molar-refractivity contribution < 1.29 is 0 Å². The fraction of sp³-hybridized carbons (Fsp3) is 0.700. The van der Waals surface area contributed by atoms with Crippen molar-refractivity contribution in [3.05, 3.63) is 17.7 Å². The van der Waals surface area contributed by atoms with Crippen molar-refractivity contribution in [1.82, 2.24) is 35.2 Å². The second-order valence-electron chi connectivity index (χ2n) is 5.29. The Labute approximate surface area is 104 Å². The molecule has 2 N–H and O–H groups in total. The second kappa shape index (κ2) is 3.84. The molecule has 0 aliphatic heterocycles. The Balaban J connectivity index is 1.80. The average Bonchev–Trinajstić information content (AvgIpc) is 2.85. The van der Waals surface area contributed by atoms with E-state index in [2.05, 4.69) is 25.8 Å². The lowest BCUT2D eigenvalue weighted by molar-refractivity contribution is 0.533. The lowest BCUT2D eigenvalue weighted by Crippen LogP contribution is -2.29. The third-order valence-electron chi connectivity index (χ3n) is 2.96. The Morgan fingerprint density at radius 3 is 2.72 bits per heavy atom. The van der Waals surface area contributed by atoms with E-state index >= 15 is 0 Å². The normalized spacial score (nSPS) is 16.2. The molecule has 2 heterocycles. The second-order valence-corrected chi connectivity index (χ2v) is 5.29. The van der Waals surface area contributed by atoms with E-state index in [4.69, 9.17) is 5.73 Å². The predicted octanol–water partition coefficient (Wildman–Crippen LogP) is -0.158. The fourth-order valence-corrected chi connectivity index (χ4v) is 1.73. The molecule has 0 amide bonds. The maximum Gasteiger partial charge on any atom is 0.173 e. The zero-order valence-electron chi connectivity index (χ0n) is 10.5. The summed E-state index contributed by atoms with van der Waals surface area (Å²) >= 11 is 0. The Bertz CT molecular complexity index is 544. The van der Waals surface area contributed by atoms with E-state index in [9.17, 15) is 0 Å². The van der Waals surface area contributed by atoms with Crippen LogP contribution in [0, 0.1) is 0 Å². The fourth-order valence-electron chi connectivity index (χ4n) is 1.73. The SMILES string of the molecule is CC(C)(N)c1cn(Cc2nnnn2C2CC2)nn1. The molecule has 2 aromatic rings. The number of hydrogen-bond acceptors (Lipinski definition) is 6. The molecule has 8 nitrogen and oxygen atoms in total. The summed E-state index contributed by atoms with van der Waals surface area (Å²) in [6.07, 6.45) is 4.14. The minimum Gasteiger partial charge on any atom is -0.320 e. The molecule has 1 aliphatic carbocycles. The number of aromatic nitrogens is 7. The first kappa shape index (κ1) is 11.3. The van der Waals surface area contributed by atoms with Crippen molar-refractivity contribution in [2.75, 3.05) is 0 Å². The number of hydrogen-bond donors (Lipinski definition) is 1. The van der Waals surface area contributed by atoms with Crippen LogP contribution in [0.25, 0.3) is 0 Å². The van der Waals surface area contributed by atoms with Gasteiger partial charge in [0.15, 0.2) is 5.82 Å². The highest BCUT2D eigenvalue weighted by Crippen LogP contribution is 2.34. The van der Waals surface area contributed by atoms with Crippen LogP contribution in [0.3, 0.4) is 0 Å². The van der Waals surface area contributed by atoms with Crippen LogP contribution in [0.15, 0.2) is 6.20 Å². The topological polar surface area (TPSA) is 100 Å². The summed E-state index contributed by atoms with van der Waals surface area (Å²) < 4.78 is 3.59. The quantitative estimate of drug-likeness (QED) is 0.807. The van der Waals surface area contributed by atoms with Gasteiger partial charge in [0.2, 0.25) is 0 Å². The third-order valence-corrected chi connectivity index (χ3v) is 2.96. The summed E-state index contributed by atoms with van der Waals surface area (Å²) in [4.78, 5) is 0. The first-order valence-electron chi connectivity index (χ1n) is 6.00. The Hall–Kier alpha value is -1.83. The molecule has 0 aromatic carbocycles. The van der Waals surface area contributed by atoms with Gasteiger partial charge in [-0.3, -0.25) is 0 Å². The molecule has 1 saturated carbocycles. The van der Waals surface area contributed by atoms with Crippen LogP contribution >= 0.6 is 0 Å². The lowest BCUT2D eigenvalue weighted by Gasteiger charge is -2.13. The minimum atomic E-state index is -0.485. The van der Waals surface area contributed by atoms with Gasteiger partial charge in [-0.15, -0.1) is 10.2 Å². The van der Waals surface area contributed by atoms with Gasteiger partial charge in [0.25, 0.3) is 0 Å². The zero-order chi connectivity index (χ0) is 12.8. The molecule has 1 fully saturated rings. The van der Waals surface area contributed by atoms with Crippen LogP contribution in [0.5, 0.6) is 0 Å². The summed E-state index contributed by atoms with van der Waals surface area (Å²) in [6.45, 7) is 4.32. The van der Waals surface area contributed by atoms with E-state index in [1.54, 1.807) is 4.68 Å². The number of nitrogens with zero attached hydrogens (tertiary/aromatic N) is 7. The molecule has 96 valence electrons. The molecule has 2 aromatic heterocycles. The van der Waals surface area contributed by atoms with E-state index in [0.29, 0.717) is 12.6 Å². The number of nitrogens with two attached hydrogens (primary N) is 1. The van der Waals surface area contributed by atoms with Gasteiger partial charge in [-0.2, -0.15) is 0 Å². The first-order valence-corrected chi connectivity index (χ1v) is 6.00. The summed E-state index contributed by atoms with van der Waals surface area (Å²) in [5, 5.41) is 19.9. The predicted molar refractivity (Wildman–Crippen MR) is 62.4 cm³/mol. The molecule has 0 radical (unpaired) electrons. The molecule has 1 aliphatic rings. The maximum atomic E-state index is 5.97. The van der Waals surface area contributed by atoms with Crippen LogP contribution in [-0.4, -0.2) is 35.2 Å². The van der Waals surface area contributed by atoms with Crippen molar-refractivity contribution >= 4 is 0 Å². The van der Waals surface area contributed by atoms with Gasteiger partial charge in [-0.05, 0) is 37.1 Å². The number of rotatable bonds is 4. The largest absolute Gasteiger partial charge is 0.320 e. The summed E-state index contributed by atoms with van der Waals surface area (Å²) in [5.74, 6) is 0.809. The summed E-state index contributed by atoms with van der Waals surface area (Å²) in [7, 11) is 0. The molecule has 0 atom stereocenters. The highest BCUT2D eigenvalue weighted by atomic mass is 15.6. The van der Waals surface area contributed by atoms with Gasteiger partial charge in [0.1, 0.15) is 12.2 Å². The monoisotopic (exact) mass is 248 g/mol. The Morgan fingerprint density at radius 2 is 2.11 bits per heavy atom. The van der Waals surface area contributed by atoms with Crippen molar-refractivity contribution in [1.29, 1.82) is 0 Å². The van der Waals surface area contributed by atoms with E-state index in [1.165, 1.54) is 0 Å². The smallest absolute Gasteiger partial charge is 0.173 e. The van der Waals surface area contributed by atoms with Crippen molar-refractivity contribution in [2.45, 2.75) is 44.8 Å². The summed E-state index contributed by atoms with van der Waals surface area (Å²) in [6, 6.07) is 0.462. The summed E-state index contributed by atoms with van der Waals surface area (Å²) in [5.41, 5.74) is 6.24. The van der Waals surface area contributed by atoms with Crippen LogP contribution in [0.4, 0.5) is 0 Å². The van der Waals surface area contributed by atoms with E-state index in [1.807, 2.05) is 24.7 Å². The van der Waals surface area contributed by atoms with E-state index in [0.717, 1.165) is 24.4 Å². The zero-order valence-corrected chi connectivity index (χ0v) is 10.5. The molecule has 0 saturated heterocycles. The van der Waals surface area contributed by atoms with E-state index in [-0.39, 0.29) is 0 Å². The van der Waals surface area contributed by atoms with Crippen molar-refractivity contribution in [2.24, 2.45) is 5.73 Å². The third kappa shape index (κ3) is 2.10. The molecule has 18 heavy (non-hydrogen) atoms. The van der Waals surface area contributed by atoms with Gasteiger partial charge >= 0.3 is 0 Å². The van der Waals surface area contributed by atoms with Crippen LogP contribution < -0.4 is 5.73 Å². The average molecular weight is 248 g/mol. The van der Waals surface area contributed by atoms with Crippen LogP contribution in [-0.2, 0) is 12.1 Å². The minimum absolute atomic E-state index is 0.462. The molecular formula is C10H16N8. The van der Waals surface area contributed by atoms with Gasteiger partial charge < -0.3 is 5.73 Å². The highest BCUT2D eigenvalue weighted by Gasteiger charge is 2.28. The van der Waals surface area contributed by atoms with Crippen molar-refractivity contribution in [3.8, 4) is 0 Å². The van der Waals surface area contributed by atoms with Gasteiger partial charge in [-0.25, -0.2) is 9.36 Å². The van der Waals surface area contributed by atoms with E-state index < -0.39 is 5.54 Å². The Morgan fingerprint density at radius 1 is 1.33 bits per heavy atom. The Kier molecular flexibility index (Phi) is 2.40. The van der Waals surface area contributed by atoms with Crippen LogP contribution in [0.2, 0.25) is 0 Å². The molecule has 3 rings (SSSR count). The maximum absolute atomic E-state index is 5.97. The van der Waals surface area contributed by atoms with Crippen LogP contribution in [0.1, 0.15) is 44.2 Å². The molecule has 8 heteroatoms. The molecule has 0 unspecified atom stereocenters. The molecular weight excluding hydrogens is 232 g/mol. The molecule has 0 bridgehead atoms.